The fraction of sp³-hybridized carbons (Fsp3) is 0.471. The summed E-state index contributed by atoms with van der Waals surface area (Å²) in [6.07, 6.45) is -3.53. The summed E-state index contributed by atoms with van der Waals surface area (Å²) in [4.78, 5) is 14.3. The van der Waals surface area contributed by atoms with Gasteiger partial charge in [0.1, 0.15) is 0 Å². The van der Waals surface area contributed by atoms with Crippen LogP contribution in [0.2, 0.25) is 0 Å². The number of hydrogen-bond acceptors (Lipinski definition) is 6. The molecule has 0 aliphatic carbocycles. The number of piperidine rings is 1. The molecule has 1 fully saturated rings. The monoisotopic (exact) mass is 366 g/mol. The number of nitrogens with zero attached hydrogens (tertiary/aromatic N) is 4. The highest BCUT2D eigenvalue weighted by Gasteiger charge is 2.42. The van der Waals surface area contributed by atoms with Gasteiger partial charge in [-0.1, -0.05) is 18.2 Å². The number of nitrogens with one attached hydrogen (secondary N) is 1. The first-order valence-electron chi connectivity index (χ1n) is 8.47. The summed E-state index contributed by atoms with van der Waals surface area (Å²) in [5, 5.41) is 3.04. The number of anilines is 3. The Labute approximate surface area is 149 Å². The second-order valence-electron chi connectivity index (χ2n) is 6.42. The Morgan fingerprint density at radius 3 is 2.62 bits per heavy atom. The molecule has 2 atom stereocenters. The lowest BCUT2D eigenvalue weighted by Crippen LogP contribution is -2.43. The minimum atomic E-state index is -4.18. The van der Waals surface area contributed by atoms with Gasteiger partial charge in [-0.15, -0.1) is 0 Å². The van der Waals surface area contributed by atoms with Crippen LogP contribution in [0.15, 0.2) is 30.3 Å². The molecule has 0 amide bonds. The van der Waals surface area contributed by atoms with Crippen LogP contribution in [-0.4, -0.2) is 39.1 Å². The van der Waals surface area contributed by atoms with Crippen molar-refractivity contribution in [3.8, 4) is 0 Å². The van der Waals surface area contributed by atoms with E-state index < -0.39 is 12.1 Å². The molecule has 6 nitrogen and oxygen atoms in total. The van der Waals surface area contributed by atoms with E-state index in [0.29, 0.717) is 18.8 Å². The quantitative estimate of drug-likeness (QED) is 0.862. The number of nitrogens with two attached hydrogens (primary N) is 1. The third-order valence-electron chi connectivity index (χ3n) is 4.54. The molecule has 1 aromatic heterocycles. The average molecular weight is 366 g/mol. The third kappa shape index (κ3) is 4.40. The lowest BCUT2D eigenvalue weighted by atomic mass is 9.96. The van der Waals surface area contributed by atoms with Crippen LogP contribution in [0.25, 0.3) is 0 Å². The molecule has 26 heavy (non-hydrogen) atoms. The van der Waals surface area contributed by atoms with Crippen LogP contribution >= 0.6 is 0 Å². The highest BCUT2D eigenvalue weighted by molar-refractivity contribution is 5.53. The van der Waals surface area contributed by atoms with E-state index in [9.17, 15) is 13.2 Å². The maximum Gasteiger partial charge on any atom is 0.393 e. The Bertz CT molecular complexity index is 737. The van der Waals surface area contributed by atoms with Gasteiger partial charge in [0.15, 0.2) is 5.82 Å². The summed E-state index contributed by atoms with van der Waals surface area (Å²) in [6, 6.07) is 8.92. The number of halogens is 3. The molecule has 3 N–H and O–H groups in total. The van der Waals surface area contributed by atoms with Crippen molar-refractivity contribution in [3.05, 3.63) is 36.2 Å². The first-order valence-corrected chi connectivity index (χ1v) is 8.47. The van der Waals surface area contributed by atoms with Crippen molar-refractivity contribution in [3.63, 3.8) is 0 Å². The maximum atomic E-state index is 13.1. The second-order valence-corrected chi connectivity index (χ2v) is 6.42. The Morgan fingerprint density at radius 2 is 1.92 bits per heavy atom. The van der Waals surface area contributed by atoms with Crippen molar-refractivity contribution in [2.75, 3.05) is 24.1 Å². The Hall–Kier alpha value is -2.42. The van der Waals surface area contributed by atoms with Crippen molar-refractivity contribution >= 4 is 17.6 Å². The molecule has 1 aromatic carbocycles. The van der Waals surface area contributed by atoms with Crippen molar-refractivity contribution in [2.24, 2.45) is 5.92 Å². The predicted molar refractivity (Wildman–Crippen MR) is 92.7 cm³/mol. The van der Waals surface area contributed by atoms with Crippen molar-refractivity contribution < 1.29 is 13.2 Å². The van der Waals surface area contributed by atoms with E-state index in [1.54, 1.807) is 11.8 Å². The molecule has 2 heterocycles. The molecule has 0 radical (unpaired) electrons. The molecule has 3 rings (SSSR count). The summed E-state index contributed by atoms with van der Waals surface area (Å²) in [7, 11) is 0. The number of likely N-dealkylation sites (tertiary alicyclic amines) is 1. The van der Waals surface area contributed by atoms with Gasteiger partial charge in [0.05, 0.1) is 12.0 Å². The number of aromatic nitrogens is 3. The highest BCUT2D eigenvalue weighted by atomic mass is 19.4. The number of para-hydroxylation sites is 1. The van der Waals surface area contributed by atoms with Crippen LogP contribution in [0, 0.1) is 5.92 Å². The van der Waals surface area contributed by atoms with Crippen LogP contribution in [0.1, 0.15) is 31.6 Å². The summed E-state index contributed by atoms with van der Waals surface area (Å²) >= 11 is 0. The topological polar surface area (TPSA) is 80.0 Å². The van der Waals surface area contributed by atoms with Gasteiger partial charge in [0.25, 0.3) is 0 Å². The van der Waals surface area contributed by atoms with Crippen LogP contribution in [-0.2, 0) is 0 Å². The van der Waals surface area contributed by atoms with Gasteiger partial charge in [-0.05, 0) is 38.4 Å². The molecule has 2 aromatic rings. The smallest absolute Gasteiger partial charge is 0.368 e. The zero-order valence-electron chi connectivity index (χ0n) is 14.4. The normalized spacial score (nSPS) is 19.9. The molecule has 9 heteroatoms. The van der Waals surface area contributed by atoms with E-state index in [0.717, 1.165) is 5.69 Å². The number of alkyl halides is 3. The van der Waals surface area contributed by atoms with Gasteiger partial charge in [0.2, 0.25) is 11.9 Å². The Balaban J connectivity index is 1.77. The van der Waals surface area contributed by atoms with E-state index in [1.807, 2.05) is 30.3 Å². The summed E-state index contributed by atoms with van der Waals surface area (Å²) in [5.41, 5.74) is 6.56. The molecular weight excluding hydrogens is 345 g/mol. The molecule has 0 bridgehead atoms. The minimum Gasteiger partial charge on any atom is -0.368 e. The standard InChI is InChI=1S/C17H21F3N6/c1-11(26-9-5-6-12(10-26)17(18,19)20)14-23-15(21)25-16(24-14)22-13-7-3-2-4-8-13/h2-4,7-8,11-12H,5-6,9-10H2,1H3,(H3,21,22,23,24,25)/t11-,12+/m1/s1. The van der Waals surface area contributed by atoms with Gasteiger partial charge in [-0.25, -0.2) is 0 Å². The zero-order valence-corrected chi connectivity index (χ0v) is 14.4. The van der Waals surface area contributed by atoms with E-state index in [1.165, 1.54) is 0 Å². The molecule has 140 valence electrons. The fourth-order valence-electron chi connectivity index (χ4n) is 3.09. The van der Waals surface area contributed by atoms with Crippen LogP contribution in [0.5, 0.6) is 0 Å². The largest absolute Gasteiger partial charge is 0.393 e. The van der Waals surface area contributed by atoms with Crippen molar-refractivity contribution in [1.29, 1.82) is 0 Å². The first kappa shape index (κ1) is 18.4. The summed E-state index contributed by atoms with van der Waals surface area (Å²) in [5.74, 6) is -0.654. The second kappa shape index (κ2) is 7.45. The van der Waals surface area contributed by atoms with Crippen molar-refractivity contribution in [2.45, 2.75) is 32.0 Å². The molecule has 0 unspecified atom stereocenters. The molecular formula is C17H21F3N6. The molecule has 0 spiro atoms. The summed E-state index contributed by atoms with van der Waals surface area (Å²) < 4.78 is 39.2. The SMILES string of the molecule is C[C@H](c1nc(N)nc(Nc2ccccc2)n1)N1CCC[C@H](C(F)(F)F)C1. The number of hydrogen-bond donors (Lipinski definition) is 2. The predicted octanol–water partition coefficient (Wildman–Crippen LogP) is 3.53. The maximum absolute atomic E-state index is 13.1. The van der Waals surface area contributed by atoms with Gasteiger partial charge in [0, 0.05) is 12.2 Å². The molecule has 1 saturated heterocycles. The first-order chi connectivity index (χ1) is 12.3. The Kier molecular flexibility index (Phi) is 5.26. The molecule has 1 aliphatic heterocycles. The lowest BCUT2D eigenvalue weighted by Gasteiger charge is -2.36. The van der Waals surface area contributed by atoms with Crippen molar-refractivity contribution in [1.82, 2.24) is 19.9 Å². The van der Waals surface area contributed by atoms with E-state index >= 15 is 0 Å². The number of rotatable bonds is 4. The molecule has 0 saturated carbocycles. The summed E-state index contributed by atoms with van der Waals surface area (Å²) in [6.45, 7) is 2.30. The highest BCUT2D eigenvalue weighted by Crippen LogP contribution is 2.35. The van der Waals surface area contributed by atoms with E-state index in [-0.39, 0.29) is 30.9 Å². The zero-order chi connectivity index (χ0) is 18.7. The van der Waals surface area contributed by atoms with Gasteiger partial charge >= 0.3 is 6.18 Å². The van der Waals surface area contributed by atoms with E-state index in [2.05, 4.69) is 20.3 Å². The lowest BCUT2D eigenvalue weighted by molar-refractivity contribution is -0.188. The average Bonchev–Trinajstić information content (AvgIpc) is 2.61. The number of nitrogen functional groups attached to an aromatic ring is 1. The van der Waals surface area contributed by atoms with E-state index in [4.69, 9.17) is 5.73 Å². The minimum absolute atomic E-state index is 0.0321. The van der Waals surface area contributed by atoms with Gasteiger partial charge in [-0.3, -0.25) is 4.90 Å². The van der Waals surface area contributed by atoms with Gasteiger partial charge < -0.3 is 11.1 Å². The van der Waals surface area contributed by atoms with Gasteiger partial charge in [-0.2, -0.15) is 28.1 Å². The van der Waals surface area contributed by atoms with Crippen LogP contribution in [0.4, 0.5) is 30.8 Å². The molecule has 1 aliphatic rings. The third-order valence-corrected chi connectivity index (χ3v) is 4.54. The Morgan fingerprint density at radius 1 is 1.19 bits per heavy atom. The number of benzene rings is 1. The fourth-order valence-corrected chi connectivity index (χ4v) is 3.09. The van der Waals surface area contributed by atoms with Crippen LogP contribution in [0.3, 0.4) is 0 Å². The van der Waals surface area contributed by atoms with Crippen LogP contribution < -0.4 is 11.1 Å².